The molecule has 0 unspecified atom stereocenters. The van der Waals surface area contributed by atoms with Crippen LogP contribution in [0.15, 0.2) is 73.1 Å². The van der Waals surface area contributed by atoms with E-state index in [-0.39, 0.29) is 55.3 Å². The molecular formula is C61H101N4O10P. The van der Waals surface area contributed by atoms with Gasteiger partial charge >= 0.3 is 215 Å². The molecule has 1 amide bonds. The summed E-state index contributed by atoms with van der Waals surface area (Å²) < 4.78 is 27.2. The smallest absolute Gasteiger partial charge is 0.185 e. The van der Waals surface area contributed by atoms with Gasteiger partial charge in [0.1, 0.15) is 24.4 Å². The molecule has 2 aliphatic rings. The zero-order chi connectivity index (χ0) is 56.0. The van der Waals surface area contributed by atoms with Crippen LogP contribution >= 0.6 is 7.26 Å². The predicted molar refractivity (Wildman–Crippen MR) is 307 cm³/mol. The molecule has 3 heterocycles. The van der Waals surface area contributed by atoms with Crippen LogP contribution in [0.4, 0.5) is 0 Å². The Bertz CT molecular complexity index is 2130. The van der Waals surface area contributed by atoms with Crippen LogP contribution in [0.1, 0.15) is 159 Å². The van der Waals surface area contributed by atoms with Gasteiger partial charge in [-0.2, -0.15) is 0 Å². The second-order valence-corrected chi connectivity index (χ2v) is 28.2. The van der Waals surface area contributed by atoms with Gasteiger partial charge in [0.25, 0.3) is 0 Å². The summed E-state index contributed by atoms with van der Waals surface area (Å²) in [4.78, 5) is 32.0. The molecule has 2 aromatic carbocycles. The summed E-state index contributed by atoms with van der Waals surface area (Å²) in [7, 11) is 2.95. The van der Waals surface area contributed by atoms with Gasteiger partial charge in [-0.05, 0) is 73.4 Å². The number of amides is 1. The Morgan fingerprint density at radius 2 is 1.39 bits per heavy atom. The first-order chi connectivity index (χ1) is 36.0. The van der Waals surface area contributed by atoms with E-state index >= 15 is 0 Å². The summed E-state index contributed by atoms with van der Waals surface area (Å²) in [6, 6.07) is 21.1. The maximum atomic E-state index is 14.4. The Labute approximate surface area is 457 Å². The van der Waals surface area contributed by atoms with Crippen molar-refractivity contribution in [3.63, 3.8) is 0 Å². The van der Waals surface area contributed by atoms with E-state index in [4.69, 9.17) is 24.0 Å². The molecule has 0 radical (unpaired) electrons. The molecule has 5 rings (SSSR count). The van der Waals surface area contributed by atoms with Crippen LogP contribution in [0, 0.1) is 17.8 Å². The minimum Gasteiger partial charge on any atom is -0.387 e. The summed E-state index contributed by atoms with van der Waals surface area (Å²) in [5.74, 6) is -2.54. The van der Waals surface area contributed by atoms with Crippen molar-refractivity contribution in [2.75, 3.05) is 33.9 Å². The third kappa shape index (κ3) is 16.2. The van der Waals surface area contributed by atoms with Crippen molar-refractivity contribution in [1.29, 1.82) is 0 Å². The second-order valence-electron chi connectivity index (χ2n) is 24.2. The van der Waals surface area contributed by atoms with E-state index in [0.29, 0.717) is 19.3 Å². The van der Waals surface area contributed by atoms with Crippen LogP contribution in [0.5, 0.6) is 0 Å². The third-order valence-corrected chi connectivity index (χ3v) is 21.8. The van der Waals surface area contributed by atoms with E-state index < -0.39 is 79.6 Å². The number of likely N-dealkylation sites (N-methyl/N-ethyl adjacent to an activating group) is 1. The maximum Gasteiger partial charge on any atom is 0.185 e. The molecular weight excluding hydrogens is 980 g/mol. The van der Waals surface area contributed by atoms with E-state index in [1.54, 1.807) is 32.6 Å². The number of rotatable bonds is 21. The van der Waals surface area contributed by atoms with Crippen LogP contribution in [-0.2, 0) is 34.1 Å². The van der Waals surface area contributed by atoms with Gasteiger partial charge in [0.05, 0.1) is 35.9 Å². The van der Waals surface area contributed by atoms with Gasteiger partial charge in [-0.25, -0.2) is 0 Å². The van der Waals surface area contributed by atoms with Crippen molar-refractivity contribution in [2.24, 2.45) is 17.8 Å². The number of unbranched alkanes of at least 4 members (excludes halogenated alkanes) is 8. The van der Waals surface area contributed by atoms with E-state index in [0.717, 1.165) is 51.1 Å². The van der Waals surface area contributed by atoms with E-state index in [2.05, 4.69) is 98.5 Å². The molecule has 0 bridgehead atoms. The van der Waals surface area contributed by atoms with Crippen LogP contribution in [-0.4, -0.2) is 152 Å². The van der Waals surface area contributed by atoms with Gasteiger partial charge in [-0.15, -0.1) is 0 Å². The molecule has 3 aromatic rings. The quantitative estimate of drug-likeness (QED) is 0.0459. The summed E-state index contributed by atoms with van der Waals surface area (Å²) in [6.07, 6.45) is 8.55. The van der Waals surface area contributed by atoms with Crippen LogP contribution in [0.25, 0.3) is 0 Å². The second kappa shape index (κ2) is 29.2. The van der Waals surface area contributed by atoms with Gasteiger partial charge in [0.15, 0.2) is 6.29 Å². The first kappa shape index (κ1) is 63.5. The molecule has 430 valence electrons. The van der Waals surface area contributed by atoms with Crippen molar-refractivity contribution in [2.45, 2.75) is 231 Å². The molecule has 14 atom stereocenters. The molecule has 76 heavy (non-hydrogen) atoms. The molecule has 0 saturated carbocycles. The average molecular weight is 1080 g/mol. The molecule has 14 nitrogen and oxygen atoms in total. The van der Waals surface area contributed by atoms with E-state index in [1.807, 2.05) is 39.8 Å². The Hall–Kier alpha value is -3.30. The number of cyclic esters (lactones) is 1. The summed E-state index contributed by atoms with van der Waals surface area (Å²) in [6.45, 7) is 19.5. The van der Waals surface area contributed by atoms with Crippen LogP contribution < -0.4 is 15.9 Å². The standard InChI is InChI=1S/C61H101N4O10P/c1-14-49-56(72-13)44(5)58(70)74-51(15-2)55(69)53(67)45(6)64(40-42(3)38-61(10,71)57(49)75-59-54(68)50(63(11)12)37-43(4)73-59)52(66)35-29-21-19-17-16-18-20-22-30-36-76(46-31-25-23-26-32-46,47-33-27-24-28-34-47)48-39-62-65(41-48)60(7,8)9/h23-28,31-34,39,41-45,49-51,53-57,59,67-69,71,76H,14-22,29-30,35-38,40H2,1-13H3/t42-,43-,44-,45-,49+,50+,51-,53-,54-,55-,56-,57-,59+,61-/m1/s1. The molecule has 0 aliphatic carbocycles. The van der Waals surface area contributed by atoms with Crippen molar-refractivity contribution in [3.05, 3.63) is 73.1 Å². The monoisotopic (exact) mass is 1080 g/mol. The number of benzene rings is 2. The maximum absolute atomic E-state index is 14.4. The topological polar surface area (TPSA) is 176 Å². The minimum absolute atomic E-state index is 0.108. The van der Waals surface area contributed by atoms with Gasteiger partial charge < -0.3 is 49.2 Å². The number of esters is 1. The van der Waals surface area contributed by atoms with Gasteiger partial charge in [-0.3, -0.25) is 9.59 Å². The van der Waals surface area contributed by atoms with Gasteiger partial charge in [-0.1, -0.05) is 20.8 Å². The van der Waals surface area contributed by atoms with Crippen LogP contribution in [0.3, 0.4) is 0 Å². The fraction of sp³-hybridized carbons (Fsp3) is 0.721. The molecule has 15 heteroatoms. The van der Waals surface area contributed by atoms with Crippen molar-refractivity contribution in [1.82, 2.24) is 19.6 Å². The number of nitrogens with zero attached hydrogens (tertiary/aromatic N) is 4. The first-order valence-corrected chi connectivity index (χ1v) is 31.2. The first-order valence-electron chi connectivity index (χ1n) is 29.0. The number of hydrogen-bond donors (Lipinski definition) is 4. The Morgan fingerprint density at radius 1 is 0.829 bits per heavy atom. The number of methoxy groups -OCH3 is 1. The Balaban J connectivity index is 1.23. The van der Waals surface area contributed by atoms with E-state index in [1.165, 1.54) is 29.4 Å². The van der Waals surface area contributed by atoms with Crippen molar-refractivity contribution < 1.29 is 49.0 Å². The van der Waals surface area contributed by atoms with Gasteiger partial charge in [0.2, 0.25) is 0 Å². The van der Waals surface area contributed by atoms with Gasteiger partial charge in [0, 0.05) is 25.6 Å². The van der Waals surface area contributed by atoms with Crippen LogP contribution in [0.2, 0.25) is 0 Å². The average Bonchev–Trinajstić information content (AvgIpc) is 3.90. The number of carbonyl (C=O) groups is 2. The van der Waals surface area contributed by atoms with Crippen molar-refractivity contribution >= 4 is 35.1 Å². The summed E-state index contributed by atoms with van der Waals surface area (Å²) in [5, 5.41) is 56.8. The Kier molecular flexibility index (Phi) is 24.4. The number of aromatic nitrogens is 2. The van der Waals surface area contributed by atoms with E-state index in [9.17, 15) is 30.0 Å². The van der Waals surface area contributed by atoms with Crippen molar-refractivity contribution in [3.8, 4) is 0 Å². The zero-order valence-corrected chi connectivity index (χ0v) is 49.8. The molecule has 1 aromatic heterocycles. The molecule has 2 aliphatic heterocycles. The third-order valence-electron chi connectivity index (χ3n) is 16.8. The molecule has 2 fully saturated rings. The predicted octanol–water partition coefficient (Wildman–Crippen LogP) is 8.11. The number of aliphatic hydroxyl groups is 4. The molecule has 0 spiro atoms. The summed E-state index contributed by atoms with van der Waals surface area (Å²) in [5.41, 5.74) is -1.68. The normalized spacial score (nSPS) is 30.9. The number of hydrogen-bond acceptors (Lipinski definition) is 12. The Morgan fingerprint density at radius 3 is 1.91 bits per heavy atom. The fourth-order valence-corrected chi connectivity index (χ4v) is 17.2. The zero-order valence-electron chi connectivity index (χ0n) is 48.8. The minimum atomic E-state index is -2.36. The summed E-state index contributed by atoms with van der Waals surface area (Å²) >= 11 is 0. The number of aliphatic hydroxyl groups excluding tert-OH is 3. The molecule has 4 N–H and O–H groups in total. The number of carbonyl (C=O) groups excluding carboxylic acids is 2. The fourth-order valence-electron chi connectivity index (χ4n) is 12.4. The number of ether oxygens (including phenoxy) is 4. The molecule has 2 saturated heterocycles. The SMILES string of the molecule is CC[C@H]1[C@H](OC)[C@@H](C)C(=O)O[C@H](CC)[C@@H](O)[C@H](O)[C@@H](C)N(C(=O)CCCCCCCCCCC[PH](c2ccccc2)(c2ccccc2)c2cnn(C(C)(C)C)c2)C[C@H](C)C[C@@](C)(O)[C@@H]1O[C@@H]1O[C@H](C)C[C@H](N(C)C)[C@H]1O. The largest absolute Gasteiger partial charge is 0.387 e.